The molecule has 2 rings (SSSR count). The van der Waals surface area contributed by atoms with Crippen LogP contribution in [0.3, 0.4) is 0 Å². The first kappa shape index (κ1) is 14.4. The van der Waals surface area contributed by atoms with Gasteiger partial charge in [-0.2, -0.15) is 0 Å². The number of hydrogen-bond acceptors (Lipinski definition) is 1. The van der Waals surface area contributed by atoms with Crippen LogP contribution in [-0.4, -0.2) is 0 Å². The van der Waals surface area contributed by atoms with Crippen LogP contribution >= 0.6 is 84.7 Å². The van der Waals surface area contributed by atoms with Crippen LogP contribution in [0.2, 0.25) is 10.0 Å². The first-order valence-corrected chi connectivity index (χ1v) is 8.41. The second kappa shape index (κ2) is 5.97. The maximum Gasteiger partial charge on any atom is 0.0939 e. The second-order valence-electron chi connectivity index (χ2n) is 3.30. The minimum Gasteiger partial charge on any atom is -0.130 e. The van der Waals surface area contributed by atoms with Gasteiger partial charge in [0.2, 0.25) is 0 Å². The van der Waals surface area contributed by atoms with Crippen LogP contribution in [0.4, 0.5) is 0 Å². The Labute approximate surface area is 141 Å². The maximum atomic E-state index is 6.46. The van der Waals surface area contributed by atoms with Gasteiger partial charge in [-0.05, 0) is 68.3 Å². The highest BCUT2D eigenvalue weighted by Gasteiger charge is 2.18. The highest BCUT2D eigenvalue weighted by Crippen LogP contribution is 2.41. The average molecular weight is 482 g/mol. The van der Waals surface area contributed by atoms with Crippen LogP contribution in [0.15, 0.2) is 28.1 Å². The zero-order chi connectivity index (χ0) is 12.6. The monoisotopic (exact) mass is 480 g/mol. The molecule has 1 aromatic carbocycles. The van der Waals surface area contributed by atoms with Gasteiger partial charge in [0.15, 0.2) is 0 Å². The molecular formula is C11H5BrCl3IS. The lowest BCUT2D eigenvalue weighted by Gasteiger charge is -2.10. The number of halogens is 5. The van der Waals surface area contributed by atoms with Crippen LogP contribution in [0.5, 0.6) is 0 Å². The minimum atomic E-state index is -0.227. The summed E-state index contributed by atoms with van der Waals surface area (Å²) in [5.74, 6) is 0. The van der Waals surface area contributed by atoms with Crippen LogP contribution in [0, 0.1) is 3.57 Å². The SMILES string of the molecule is Clc1ccc(I)c(C(Cl)c2cc(Cl)c(Br)s2)c1. The lowest BCUT2D eigenvalue weighted by Crippen LogP contribution is -1.93. The lowest BCUT2D eigenvalue weighted by atomic mass is 10.1. The lowest BCUT2D eigenvalue weighted by molar-refractivity contribution is 1.17. The van der Waals surface area contributed by atoms with E-state index in [2.05, 4.69) is 38.5 Å². The van der Waals surface area contributed by atoms with Gasteiger partial charge < -0.3 is 0 Å². The highest BCUT2D eigenvalue weighted by atomic mass is 127. The Hall–Kier alpha value is 1.000. The maximum absolute atomic E-state index is 6.46. The van der Waals surface area contributed by atoms with Crippen molar-refractivity contribution in [2.24, 2.45) is 0 Å². The van der Waals surface area contributed by atoms with E-state index in [0.29, 0.717) is 10.0 Å². The fourth-order valence-corrected chi connectivity index (χ4v) is 4.48. The highest BCUT2D eigenvalue weighted by molar-refractivity contribution is 14.1. The average Bonchev–Trinajstić information content (AvgIpc) is 2.62. The van der Waals surface area contributed by atoms with E-state index in [1.54, 1.807) is 0 Å². The van der Waals surface area contributed by atoms with E-state index in [1.807, 2.05) is 24.3 Å². The number of hydrogen-bond donors (Lipinski definition) is 0. The summed E-state index contributed by atoms with van der Waals surface area (Å²) in [6.45, 7) is 0. The van der Waals surface area contributed by atoms with Gasteiger partial charge in [0, 0.05) is 13.5 Å². The fourth-order valence-electron chi connectivity index (χ4n) is 1.35. The Bertz CT molecular complexity index is 536. The van der Waals surface area contributed by atoms with E-state index in [0.717, 1.165) is 17.8 Å². The molecule has 0 saturated carbocycles. The molecule has 90 valence electrons. The molecule has 1 atom stereocenters. The van der Waals surface area contributed by atoms with E-state index in [9.17, 15) is 0 Å². The predicted octanol–water partition coefficient (Wildman–Crippen LogP) is 6.75. The Morgan fingerprint density at radius 2 is 1.94 bits per heavy atom. The topological polar surface area (TPSA) is 0 Å². The molecule has 0 spiro atoms. The van der Waals surface area contributed by atoms with Crippen molar-refractivity contribution in [3.8, 4) is 0 Å². The largest absolute Gasteiger partial charge is 0.130 e. The van der Waals surface area contributed by atoms with E-state index < -0.39 is 0 Å². The van der Waals surface area contributed by atoms with Gasteiger partial charge in [-0.3, -0.25) is 0 Å². The van der Waals surface area contributed by atoms with Crippen molar-refractivity contribution in [1.82, 2.24) is 0 Å². The summed E-state index contributed by atoms with van der Waals surface area (Å²) >= 11 is 25.6. The molecule has 2 aromatic rings. The van der Waals surface area contributed by atoms with Crippen LogP contribution in [0.1, 0.15) is 15.8 Å². The molecule has 0 fully saturated rings. The van der Waals surface area contributed by atoms with Crippen molar-refractivity contribution in [3.05, 3.63) is 52.1 Å². The summed E-state index contributed by atoms with van der Waals surface area (Å²) in [7, 11) is 0. The molecule has 0 aliphatic heterocycles. The summed E-state index contributed by atoms with van der Waals surface area (Å²) in [6, 6.07) is 7.58. The van der Waals surface area contributed by atoms with E-state index in [4.69, 9.17) is 34.8 Å². The molecule has 1 aromatic heterocycles. The van der Waals surface area contributed by atoms with Crippen molar-refractivity contribution < 1.29 is 0 Å². The summed E-state index contributed by atoms with van der Waals surface area (Å²) in [5, 5.41) is 1.15. The molecule has 0 saturated heterocycles. The molecule has 0 aliphatic rings. The van der Waals surface area contributed by atoms with E-state index >= 15 is 0 Å². The molecule has 0 N–H and O–H groups in total. The van der Waals surface area contributed by atoms with Crippen molar-refractivity contribution in [2.45, 2.75) is 5.38 Å². The fraction of sp³-hybridized carbons (Fsp3) is 0.0909. The normalized spacial score (nSPS) is 12.8. The summed E-state index contributed by atoms with van der Waals surface area (Å²) in [4.78, 5) is 1.00. The first-order chi connectivity index (χ1) is 7.99. The third kappa shape index (κ3) is 3.31. The van der Waals surface area contributed by atoms with E-state index in [1.165, 1.54) is 11.3 Å². The molecular weight excluding hydrogens is 477 g/mol. The van der Waals surface area contributed by atoms with Crippen LogP contribution < -0.4 is 0 Å². The Kier molecular flexibility index (Phi) is 5.06. The van der Waals surface area contributed by atoms with Gasteiger partial charge >= 0.3 is 0 Å². The molecule has 0 aliphatic carbocycles. The molecule has 1 unspecified atom stereocenters. The summed E-state index contributed by atoms with van der Waals surface area (Å²) in [6.07, 6.45) is 0. The van der Waals surface area contributed by atoms with Gasteiger partial charge in [-0.25, -0.2) is 0 Å². The number of alkyl halides is 1. The van der Waals surface area contributed by atoms with Crippen molar-refractivity contribution in [3.63, 3.8) is 0 Å². The first-order valence-electron chi connectivity index (χ1n) is 4.53. The summed E-state index contributed by atoms with van der Waals surface area (Å²) < 4.78 is 1.99. The predicted molar refractivity (Wildman–Crippen MR) is 88.9 cm³/mol. The van der Waals surface area contributed by atoms with Crippen LogP contribution in [-0.2, 0) is 0 Å². The van der Waals surface area contributed by atoms with Gasteiger partial charge in [-0.1, -0.05) is 23.2 Å². The third-order valence-electron chi connectivity index (χ3n) is 2.15. The molecule has 0 nitrogen and oxygen atoms in total. The van der Waals surface area contributed by atoms with Crippen LogP contribution in [0.25, 0.3) is 0 Å². The Morgan fingerprint density at radius 3 is 2.53 bits per heavy atom. The Morgan fingerprint density at radius 1 is 1.24 bits per heavy atom. The molecule has 17 heavy (non-hydrogen) atoms. The van der Waals surface area contributed by atoms with Gasteiger partial charge in [0.1, 0.15) is 0 Å². The van der Waals surface area contributed by atoms with Crippen molar-refractivity contribution >= 4 is 84.7 Å². The second-order valence-corrected chi connectivity index (χ2v) is 8.14. The van der Waals surface area contributed by atoms with Crippen molar-refractivity contribution in [2.75, 3.05) is 0 Å². The summed E-state index contributed by atoms with van der Waals surface area (Å²) in [5.41, 5.74) is 1.00. The third-order valence-corrected chi connectivity index (χ3v) is 6.50. The number of rotatable bonds is 2. The van der Waals surface area contributed by atoms with Gasteiger partial charge in [0.05, 0.1) is 14.2 Å². The number of thiophene rings is 1. The van der Waals surface area contributed by atoms with Gasteiger partial charge in [-0.15, -0.1) is 22.9 Å². The molecule has 0 amide bonds. The van der Waals surface area contributed by atoms with E-state index in [-0.39, 0.29) is 5.38 Å². The molecule has 6 heteroatoms. The number of benzene rings is 1. The standard InChI is InChI=1S/C11H5BrCl3IS/c12-11-7(14)4-9(17-11)10(15)6-3-5(13)1-2-8(6)16/h1-4,10H. The van der Waals surface area contributed by atoms with Crippen molar-refractivity contribution in [1.29, 1.82) is 0 Å². The zero-order valence-electron chi connectivity index (χ0n) is 8.18. The molecule has 0 radical (unpaired) electrons. The smallest absolute Gasteiger partial charge is 0.0939 e. The quantitative estimate of drug-likeness (QED) is 0.328. The zero-order valence-corrected chi connectivity index (χ0v) is 15.0. The Balaban J connectivity index is 2.42. The van der Waals surface area contributed by atoms with Gasteiger partial charge in [0.25, 0.3) is 0 Å². The molecule has 1 heterocycles. The molecule has 0 bridgehead atoms. The minimum absolute atomic E-state index is 0.227.